The van der Waals surface area contributed by atoms with E-state index in [1.54, 1.807) is 34.9 Å². The first-order valence-corrected chi connectivity index (χ1v) is 15.5. The van der Waals surface area contributed by atoms with Gasteiger partial charge in [-0.25, -0.2) is 31.5 Å². The zero-order chi connectivity index (χ0) is 30.6. The third-order valence-electron chi connectivity index (χ3n) is 8.01. The van der Waals surface area contributed by atoms with Crippen molar-refractivity contribution in [3.8, 4) is 16.9 Å². The number of hydrogen-bond acceptors (Lipinski definition) is 7. The van der Waals surface area contributed by atoms with E-state index in [1.165, 1.54) is 30.3 Å². The molecule has 0 N–H and O–H groups in total. The van der Waals surface area contributed by atoms with Gasteiger partial charge in [-0.2, -0.15) is 4.98 Å². The second-order valence-corrected chi connectivity index (χ2v) is 13.1. The van der Waals surface area contributed by atoms with Crippen LogP contribution in [0.1, 0.15) is 25.3 Å². The Labute approximate surface area is 247 Å². The lowest BCUT2D eigenvalue weighted by Crippen LogP contribution is -2.54. The van der Waals surface area contributed by atoms with E-state index in [9.17, 15) is 22.4 Å². The molecule has 9 nitrogen and oxygen atoms in total. The Morgan fingerprint density at radius 2 is 1.79 bits per heavy atom. The molecule has 43 heavy (non-hydrogen) atoms. The van der Waals surface area contributed by atoms with E-state index in [0.717, 1.165) is 10.6 Å². The first-order valence-electron chi connectivity index (χ1n) is 13.9. The van der Waals surface area contributed by atoms with Crippen LogP contribution in [-0.4, -0.2) is 64.7 Å². The second kappa shape index (κ2) is 10.7. The zero-order valence-corrected chi connectivity index (χ0v) is 24.4. The largest absolute Gasteiger partial charge is 0.355 e. The molecule has 1 atom stereocenters. The van der Waals surface area contributed by atoms with Gasteiger partial charge in [0.15, 0.2) is 15.5 Å². The van der Waals surface area contributed by atoms with Crippen LogP contribution in [0, 0.1) is 18.6 Å². The van der Waals surface area contributed by atoms with Crippen LogP contribution in [0.3, 0.4) is 0 Å². The van der Waals surface area contributed by atoms with Gasteiger partial charge in [-0.1, -0.05) is 30.8 Å². The Hall–Kier alpha value is -4.45. The molecule has 2 aliphatic rings. The maximum atomic E-state index is 15.8. The molecule has 1 amide bonds. The minimum absolute atomic E-state index is 0.0450. The molecule has 222 valence electrons. The number of carbonyl (C=O) groups excluding carboxylic acids is 1. The average molecular weight is 606 g/mol. The monoisotopic (exact) mass is 605 g/mol. The van der Waals surface area contributed by atoms with E-state index in [4.69, 9.17) is 0 Å². The molecule has 0 spiro atoms. The Bertz CT molecular complexity index is 1970. The maximum absolute atomic E-state index is 15.8. The van der Waals surface area contributed by atoms with E-state index in [2.05, 4.69) is 16.5 Å². The number of nitrogens with zero attached hydrogens (tertiary/aromatic N) is 5. The van der Waals surface area contributed by atoms with Gasteiger partial charge in [0.1, 0.15) is 23.1 Å². The molecule has 3 heterocycles. The van der Waals surface area contributed by atoms with Crippen LogP contribution >= 0.6 is 0 Å². The molecule has 1 aliphatic carbocycles. The third-order valence-corrected chi connectivity index (χ3v) is 10.3. The first kappa shape index (κ1) is 28.7. The number of amides is 1. The number of aromatic nitrogens is 3. The summed E-state index contributed by atoms with van der Waals surface area (Å²) in [5, 5.41) is -0.414. The fraction of sp³-hybridized carbons (Fsp3) is 0.290. The van der Waals surface area contributed by atoms with Crippen molar-refractivity contribution in [1.82, 2.24) is 19.4 Å². The minimum atomic E-state index is -3.79. The van der Waals surface area contributed by atoms with E-state index in [1.807, 2.05) is 6.92 Å². The third kappa shape index (κ3) is 4.89. The van der Waals surface area contributed by atoms with Crippen molar-refractivity contribution >= 4 is 32.6 Å². The summed E-state index contributed by atoms with van der Waals surface area (Å²) in [7, 11) is -3.79. The van der Waals surface area contributed by atoms with Crippen LogP contribution in [0.25, 0.3) is 28.0 Å². The SMILES string of the molecule is C=CC(=O)N1CCN(c2nc(=O)n(-c3c(C)cccc3S(=O)(=O)C3CC3)c3nc(-c4ccccc4F)c(F)cc23)[C@@H](C)C1. The van der Waals surface area contributed by atoms with Crippen molar-refractivity contribution in [3.63, 3.8) is 0 Å². The van der Waals surface area contributed by atoms with Gasteiger partial charge in [0, 0.05) is 31.2 Å². The van der Waals surface area contributed by atoms with Crippen molar-refractivity contribution in [3.05, 3.63) is 88.9 Å². The van der Waals surface area contributed by atoms with Crippen LogP contribution in [0.5, 0.6) is 0 Å². The summed E-state index contributed by atoms with van der Waals surface area (Å²) in [6.07, 6.45) is 2.26. The summed E-state index contributed by atoms with van der Waals surface area (Å²) in [5.41, 5.74) is -0.766. The molecule has 12 heteroatoms. The summed E-state index contributed by atoms with van der Waals surface area (Å²) in [5.74, 6) is -1.64. The summed E-state index contributed by atoms with van der Waals surface area (Å²) in [6, 6.07) is 11.1. The summed E-state index contributed by atoms with van der Waals surface area (Å²) < 4.78 is 58.8. The number of rotatable bonds is 6. The predicted octanol–water partition coefficient (Wildman–Crippen LogP) is 4.19. The average Bonchev–Trinajstić information content (AvgIpc) is 3.84. The fourth-order valence-corrected chi connectivity index (χ4v) is 7.58. The summed E-state index contributed by atoms with van der Waals surface area (Å²) in [4.78, 5) is 38.5. The molecule has 4 aromatic rings. The zero-order valence-electron chi connectivity index (χ0n) is 23.6. The van der Waals surface area contributed by atoms with Gasteiger partial charge in [-0.3, -0.25) is 4.79 Å². The number of pyridine rings is 1. The van der Waals surface area contributed by atoms with Gasteiger partial charge in [0.05, 0.1) is 21.2 Å². The highest BCUT2D eigenvalue weighted by atomic mass is 32.2. The highest BCUT2D eigenvalue weighted by Crippen LogP contribution is 2.38. The van der Waals surface area contributed by atoms with Crippen molar-refractivity contribution < 1.29 is 22.0 Å². The number of halogens is 2. The highest BCUT2D eigenvalue weighted by Gasteiger charge is 2.39. The topological polar surface area (TPSA) is 105 Å². The summed E-state index contributed by atoms with van der Waals surface area (Å²) >= 11 is 0. The number of benzene rings is 2. The van der Waals surface area contributed by atoms with Gasteiger partial charge in [0.25, 0.3) is 0 Å². The van der Waals surface area contributed by atoms with Gasteiger partial charge in [0.2, 0.25) is 5.91 Å². The number of carbonyl (C=O) groups is 1. The maximum Gasteiger partial charge on any atom is 0.355 e. The van der Waals surface area contributed by atoms with Crippen LogP contribution < -0.4 is 10.6 Å². The molecule has 2 fully saturated rings. The van der Waals surface area contributed by atoms with Gasteiger partial charge < -0.3 is 9.80 Å². The van der Waals surface area contributed by atoms with Crippen LogP contribution in [0.15, 0.2) is 70.9 Å². The van der Waals surface area contributed by atoms with Crippen molar-refractivity contribution in [1.29, 1.82) is 0 Å². The molecule has 0 bridgehead atoms. The quantitative estimate of drug-likeness (QED) is 0.304. The highest BCUT2D eigenvalue weighted by molar-refractivity contribution is 7.92. The molecule has 1 saturated heterocycles. The van der Waals surface area contributed by atoms with Crippen LogP contribution in [-0.2, 0) is 14.6 Å². The van der Waals surface area contributed by atoms with E-state index < -0.39 is 32.4 Å². The molecule has 0 unspecified atom stereocenters. The minimum Gasteiger partial charge on any atom is -0.350 e. The lowest BCUT2D eigenvalue weighted by atomic mass is 10.1. The number of anilines is 1. The number of piperazine rings is 1. The Morgan fingerprint density at radius 3 is 2.47 bits per heavy atom. The Kier molecular flexibility index (Phi) is 7.11. The normalized spacial score (nSPS) is 17.3. The van der Waals surface area contributed by atoms with Gasteiger partial charge in [-0.15, -0.1) is 0 Å². The van der Waals surface area contributed by atoms with Crippen molar-refractivity contribution in [2.24, 2.45) is 0 Å². The Balaban J connectivity index is 1.65. The first-order chi connectivity index (χ1) is 20.5. The smallest absolute Gasteiger partial charge is 0.350 e. The number of fused-ring (bicyclic) bond motifs is 1. The Morgan fingerprint density at radius 1 is 1.05 bits per heavy atom. The predicted molar refractivity (Wildman–Crippen MR) is 159 cm³/mol. The molecule has 1 saturated carbocycles. The lowest BCUT2D eigenvalue weighted by molar-refractivity contribution is -0.126. The molecule has 2 aromatic carbocycles. The van der Waals surface area contributed by atoms with Gasteiger partial charge >= 0.3 is 5.69 Å². The van der Waals surface area contributed by atoms with E-state index >= 15 is 4.39 Å². The fourth-order valence-electron chi connectivity index (χ4n) is 5.68. The number of aryl methyl sites for hydroxylation is 1. The van der Waals surface area contributed by atoms with Crippen LogP contribution in [0.2, 0.25) is 0 Å². The van der Waals surface area contributed by atoms with E-state index in [-0.39, 0.29) is 57.2 Å². The van der Waals surface area contributed by atoms with Crippen LogP contribution in [0.4, 0.5) is 14.6 Å². The molecule has 0 radical (unpaired) electrons. The second-order valence-electron chi connectivity index (χ2n) is 10.9. The summed E-state index contributed by atoms with van der Waals surface area (Å²) in [6.45, 7) is 7.97. The van der Waals surface area contributed by atoms with Gasteiger partial charge in [-0.05, 0) is 62.6 Å². The number of hydrogen-bond donors (Lipinski definition) is 0. The number of para-hydroxylation sites is 1. The number of sulfone groups is 1. The molecule has 6 rings (SSSR count). The molecular weight excluding hydrogens is 576 g/mol. The standard InChI is InChI=1S/C31H29F2N5O4S/c1-4-26(39)36-14-15-37(19(3)17-36)29-22-16-24(33)27(21-9-5-6-10-23(21)32)34-30(22)38(31(40)35-29)28-18(2)8-7-11-25(28)43(41,42)20-12-13-20/h4-11,16,19-20H,1,12-15,17H2,2-3H3/t19-/m0/s1. The lowest BCUT2D eigenvalue weighted by Gasteiger charge is -2.40. The molecule has 1 aliphatic heterocycles. The van der Waals surface area contributed by atoms with E-state index in [0.29, 0.717) is 31.5 Å². The van der Waals surface area contributed by atoms with Crippen molar-refractivity contribution in [2.75, 3.05) is 24.5 Å². The molecular formula is C31H29F2N5O4S. The molecule has 2 aromatic heterocycles. The van der Waals surface area contributed by atoms with Crippen molar-refractivity contribution in [2.45, 2.75) is 42.9 Å².